The molecule has 0 aliphatic heterocycles. The molecule has 2 aromatic rings. The molecule has 3 nitrogen and oxygen atoms in total. The van der Waals surface area contributed by atoms with Gasteiger partial charge in [0.1, 0.15) is 11.6 Å². The van der Waals surface area contributed by atoms with Crippen LogP contribution >= 0.6 is 23.4 Å². The molecular formula is C15H18ClN3S. The number of rotatable bonds is 3. The summed E-state index contributed by atoms with van der Waals surface area (Å²) in [6.45, 7) is 6.33. The van der Waals surface area contributed by atoms with E-state index in [4.69, 9.17) is 17.3 Å². The van der Waals surface area contributed by atoms with Gasteiger partial charge in [-0.2, -0.15) is 0 Å². The van der Waals surface area contributed by atoms with Crippen molar-refractivity contribution in [3.8, 4) is 0 Å². The highest BCUT2D eigenvalue weighted by molar-refractivity contribution is 7.98. The summed E-state index contributed by atoms with van der Waals surface area (Å²) in [4.78, 5) is 9.91. The number of nitrogens with two attached hydrogens (primary N) is 1. The van der Waals surface area contributed by atoms with E-state index in [2.05, 4.69) is 30.7 Å². The monoisotopic (exact) mass is 307 g/mol. The Labute approximate surface area is 129 Å². The third kappa shape index (κ3) is 3.87. The van der Waals surface area contributed by atoms with E-state index in [0.717, 1.165) is 21.4 Å². The van der Waals surface area contributed by atoms with Gasteiger partial charge in [0, 0.05) is 16.4 Å². The van der Waals surface area contributed by atoms with E-state index in [1.54, 1.807) is 11.8 Å². The highest BCUT2D eigenvalue weighted by Gasteiger charge is 2.17. The summed E-state index contributed by atoms with van der Waals surface area (Å²) < 4.78 is 0. The van der Waals surface area contributed by atoms with E-state index in [9.17, 15) is 0 Å². The second kappa shape index (κ2) is 6.02. The summed E-state index contributed by atoms with van der Waals surface area (Å²) in [6, 6.07) is 9.59. The fraction of sp³-hybridized carbons (Fsp3) is 0.333. The molecule has 1 heterocycles. The van der Waals surface area contributed by atoms with Crippen molar-refractivity contribution in [1.82, 2.24) is 9.97 Å². The summed E-state index contributed by atoms with van der Waals surface area (Å²) in [5.41, 5.74) is 6.79. The minimum atomic E-state index is -0.0408. The van der Waals surface area contributed by atoms with Crippen LogP contribution in [0.2, 0.25) is 5.02 Å². The number of benzene rings is 1. The Hall–Kier alpha value is -1.26. The van der Waals surface area contributed by atoms with Gasteiger partial charge in [0.15, 0.2) is 0 Å². The van der Waals surface area contributed by atoms with E-state index < -0.39 is 0 Å². The van der Waals surface area contributed by atoms with Crippen LogP contribution in [0.15, 0.2) is 35.2 Å². The SMILES string of the molecule is CC(C)(C)c1cc(N)nc(CSc2ccccc2Cl)n1. The molecule has 1 aromatic carbocycles. The number of halogens is 1. The number of hydrogen-bond acceptors (Lipinski definition) is 4. The van der Waals surface area contributed by atoms with E-state index >= 15 is 0 Å². The fourth-order valence-electron chi connectivity index (χ4n) is 1.67. The molecule has 0 radical (unpaired) electrons. The lowest BCUT2D eigenvalue weighted by molar-refractivity contribution is 0.564. The maximum atomic E-state index is 6.14. The molecule has 2 N–H and O–H groups in total. The number of hydrogen-bond donors (Lipinski definition) is 1. The van der Waals surface area contributed by atoms with Crippen molar-refractivity contribution in [2.75, 3.05) is 5.73 Å². The Morgan fingerprint density at radius 1 is 1.20 bits per heavy atom. The molecule has 1 aromatic heterocycles. The summed E-state index contributed by atoms with van der Waals surface area (Å²) in [7, 11) is 0. The Bertz CT molecular complexity index is 608. The Morgan fingerprint density at radius 2 is 1.90 bits per heavy atom. The van der Waals surface area contributed by atoms with Crippen LogP contribution in [0.3, 0.4) is 0 Å². The number of anilines is 1. The molecule has 106 valence electrons. The van der Waals surface area contributed by atoms with Gasteiger partial charge < -0.3 is 5.73 Å². The van der Waals surface area contributed by atoms with E-state index in [1.165, 1.54) is 0 Å². The van der Waals surface area contributed by atoms with E-state index in [1.807, 2.05) is 30.3 Å². The maximum absolute atomic E-state index is 6.14. The van der Waals surface area contributed by atoms with Gasteiger partial charge in [0.25, 0.3) is 0 Å². The third-order valence-corrected chi connectivity index (χ3v) is 4.27. The second-order valence-electron chi connectivity index (χ2n) is 5.56. The van der Waals surface area contributed by atoms with Crippen LogP contribution in [0, 0.1) is 0 Å². The van der Waals surface area contributed by atoms with Crippen molar-refractivity contribution in [2.45, 2.75) is 36.8 Å². The average molecular weight is 308 g/mol. The lowest BCUT2D eigenvalue weighted by atomic mass is 9.92. The van der Waals surface area contributed by atoms with Crippen molar-refractivity contribution >= 4 is 29.2 Å². The van der Waals surface area contributed by atoms with Gasteiger partial charge in [-0.1, -0.05) is 44.5 Å². The second-order valence-corrected chi connectivity index (χ2v) is 6.99. The molecule has 0 aliphatic carbocycles. The molecule has 0 saturated carbocycles. The minimum Gasteiger partial charge on any atom is -0.384 e. The average Bonchev–Trinajstić information content (AvgIpc) is 2.36. The largest absolute Gasteiger partial charge is 0.384 e. The first-order valence-corrected chi connectivity index (χ1v) is 7.74. The van der Waals surface area contributed by atoms with Crippen LogP contribution < -0.4 is 5.73 Å². The maximum Gasteiger partial charge on any atom is 0.141 e. The van der Waals surface area contributed by atoms with Gasteiger partial charge in [-0.15, -0.1) is 11.8 Å². The Morgan fingerprint density at radius 3 is 2.55 bits per heavy atom. The van der Waals surface area contributed by atoms with Gasteiger partial charge in [0.2, 0.25) is 0 Å². The minimum absolute atomic E-state index is 0.0408. The zero-order valence-electron chi connectivity index (χ0n) is 11.9. The Balaban J connectivity index is 2.18. The summed E-state index contributed by atoms with van der Waals surface area (Å²) >= 11 is 7.75. The fourth-order valence-corrected chi connectivity index (χ4v) is 2.76. The first-order chi connectivity index (χ1) is 9.36. The highest BCUT2D eigenvalue weighted by Crippen LogP contribution is 2.29. The van der Waals surface area contributed by atoms with E-state index in [-0.39, 0.29) is 5.41 Å². The molecule has 20 heavy (non-hydrogen) atoms. The number of thioether (sulfide) groups is 1. The van der Waals surface area contributed by atoms with Crippen molar-refractivity contribution in [2.24, 2.45) is 0 Å². The predicted molar refractivity (Wildman–Crippen MR) is 86.2 cm³/mol. The standard InChI is InChI=1S/C15H18ClN3S/c1-15(2,3)12-8-13(17)19-14(18-12)9-20-11-7-5-4-6-10(11)16/h4-8H,9H2,1-3H3,(H2,17,18,19). The van der Waals surface area contributed by atoms with Crippen molar-refractivity contribution in [1.29, 1.82) is 0 Å². The van der Waals surface area contributed by atoms with Crippen LogP contribution in [0.1, 0.15) is 32.3 Å². The molecule has 2 rings (SSSR count). The molecule has 0 aliphatic rings. The van der Waals surface area contributed by atoms with E-state index in [0.29, 0.717) is 11.6 Å². The predicted octanol–water partition coefficient (Wildman–Crippen LogP) is 4.30. The number of nitrogen functional groups attached to an aromatic ring is 1. The molecule has 0 atom stereocenters. The lowest BCUT2D eigenvalue weighted by Gasteiger charge is -2.18. The Kier molecular flexibility index (Phi) is 4.55. The first-order valence-electron chi connectivity index (χ1n) is 6.37. The number of nitrogens with zero attached hydrogens (tertiary/aromatic N) is 2. The zero-order valence-corrected chi connectivity index (χ0v) is 13.4. The van der Waals surface area contributed by atoms with Crippen LogP contribution in [0.25, 0.3) is 0 Å². The van der Waals surface area contributed by atoms with Crippen molar-refractivity contribution in [3.05, 3.63) is 46.9 Å². The van der Waals surface area contributed by atoms with Gasteiger partial charge in [-0.05, 0) is 12.1 Å². The molecule has 0 saturated heterocycles. The highest BCUT2D eigenvalue weighted by atomic mass is 35.5. The zero-order chi connectivity index (χ0) is 14.8. The molecular weight excluding hydrogens is 290 g/mol. The summed E-state index contributed by atoms with van der Waals surface area (Å²) in [6.07, 6.45) is 0. The van der Waals surface area contributed by atoms with Gasteiger partial charge in [0.05, 0.1) is 16.5 Å². The molecule has 0 spiro atoms. The molecule has 0 fully saturated rings. The van der Waals surface area contributed by atoms with Crippen LogP contribution in [-0.4, -0.2) is 9.97 Å². The quantitative estimate of drug-likeness (QED) is 0.859. The van der Waals surface area contributed by atoms with Crippen molar-refractivity contribution < 1.29 is 0 Å². The number of aromatic nitrogens is 2. The first kappa shape index (κ1) is 15.1. The lowest BCUT2D eigenvalue weighted by Crippen LogP contribution is -2.16. The topological polar surface area (TPSA) is 51.8 Å². The van der Waals surface area contributed by atoms with Gasteiger partial charge in [-0.25, -0.2) is 9.97 Å². The normalized spacial score (nSPS) is 11.6. The molecule has 0 bridgehead atoms. The molecule has 0 amide bonds. The van der Waals surface area contributed by atoms with Crippen LogP contribution in [0.4, 0.5) is 5.82 Å². The summed E-state index contributed by atoms with van der Waals surface area (Å²) in [5, 5.41) is 0.748. The van der Waals surface area contributed by atoms with Gasteiger partial charge >= 0.3 is 0 Å². The van der Waals surface area contributed by atoms with Gasteiger partial charge in [-0.3, -0.25) is 0 Å². The smallest absolute Gasteiger partial charge is 0.141 e. The van der Waals surface area contributed by atoms with Crippen LogP contribution in [-0.2, 0) is 11.2 Å². The third-order valence-electron chi connectivity index (χ3n) is 2.75. The van der Waals surface area contributed by atoms with Crippen LogP contribution in [0.5, 0.6) is 0 Å². The summed E-state index contributed by atoms with van der Waals surface area (Å²) in [5.74, 6) is 1.90. The van der Waals surface area contributed by atoms with Crippen molar-refractivity contribution in [3.63, 3.8) is 0 Å². The molecule has 5 heteroatoms. The molecule has 0 unspecified atom stereocenters.